The molecule has 0 aliphatic carbocycles. The maximum atomic E-state index is 11.8. The van der Waals surface area contributed by atoms with Crippen molar-refractivity contribution in [3.63, 3.8) is 0 Å². The van der Waals surface area contributed by atoms with Gasteiger partial charge in [0.05, 0.1) is 56.7 Å². The summed E-state index contributed by atoms with van der Waals surface area (Å²) < 4.78 is 177. The number of nitrogen functional groups attached to an aromatic ring is 2. The third-order valence-corrected chi connectivity index (χ3v) is 17.3. The smallest absolute Gasteiger partial charge is 0.744 e. The molecule has 8 rings (SSSR count). The minimum atomic E-state index is -4.98. The fraction of sp³-hybridized carbons (Fsp3) is 0.214. The molecule has 96 heavy (non-hydrogen) atoms. The monoisotopic (exact) mass is 1470 g/mol. The van der Waals surface area contributed by atoms with Gasteiger partial charge in [-0.2, -0.15) is 56.9 Å². The number of phenols is 2. The number of sulfone groups is 2. The summed E-state index contributed by atoms with van der Waals surface area (Å²) in [5, 5.41) is 53.1. The van der Waals surface area contributed by atoms with Gasteiger partial charge in [-0.25, -0.2) is 33.7 Å². The van der Waals surface area contributed by atoms with Crippen molar-refractivity contribution in [2.75, 3.05) is 51.3 Å². The van der Waals surface area contributed by atoms with Gasteiger partial charge in [0.1, 0.15) is 66.0 Å². The summed E-state index contributed by atoms with van der Waals surface area (Å²) in [6, 6.07) is 33.3. The second-order valence-corrected chi connectivity index (χ2v) is 26.3. The fourth-order valence-corrected chi connectivity index (χ4v) is 10.6. The number of nitrogens with zero attached hydrogens (tertiary/aromatic N) is 8. The Morgan fingerprint density at radius 3 is 1.01 bits per heavy atom. The van der Waals surface area contributed by atoms with Gasteiger partial charge in [0.2, 0.25) is 0 Å². The van der Waals surface area contributed by atoms with E-state index in [1.54, 1.807) is 76.2 Å². The first-order chi connectivity index (χ1) is 42.9. The van der Waals surface area contributed by atoms with E-state index in [2.05, 4.69) is 53.0 Å². The quantitative estimate of drug-likeness (QED) is 0.0305. The van der Waals surface area contributed by atoms with Crippen molar-refractivity contribution in [3.8, 4) is 23.0 Å². The average molecular weight is 1480 g/mol. The van der Waals surface area contributed by atoms with Crippen LogP contribution in [0.3, 0.4) is 0 Å². The molecule has 0 radical (unpaired) electrons. The van der Waals surface area contributed by atoms with Crippen molar-refractivity contribution in [2.24, 2.45) is 40.9 Å². The zero-order valence-corrected chi connectivity index (χ0v) is 67.1. The van der Waals surface area contributed by atoms with Crippen LogP contribution in [0.25, 0.3) is 21.5 Å². The van der Waals surface area contributed by atoms with Crippen molar-refractivity contribution in [3.05, 3.63) is 144 Å². The third-order valence-electron chi connectivity index (χ3n) is 12.1. The Kier molecular flexibility index (Phi) is 40.9. The summed E-state index contributed by atoms with van der Waals surface area (Å²) >= 11 is 0. The molecule has 0 aliphatic heterocycles. The summed E-state index contributed by atoms with van der Waals surface area (Å²) in [5.41, 5.74) is 16.1. The molecular formula is C56H58N10Na4O20S6. The van der Waals surface area contributed by atoms with Gasteiger partial charge in [0.25, 0.3) is 0 Å². The number of hydrogen-bond acceptors (Lipinski definition) is 30. The van der Waals surface area contributed by atoms with Crippen LogP contribution in [0, 0.1) is 39.8 Å². The molecule has 8 aromatic carbocycles. The molecular weight excluding hydrogens is 1420 g/mol. The van der Waals surface area contributed by atoms with Crippen LogP contribution in [0.5, 0.6) is 23.0 Å². The molecule has 0 heterocycles. The van der Waals surface area contributed by atoms with E-state index >= 15 is 0 Å². The van der Waals surface area contributed by atoms with Gasteiger partial charge in [-0.05, 0) is 75.2 Å². The Hall–Kier alpha value is -5.56. The molecule has 0 bridgehead atoms. The van der Waals surface area contributed by atoms with Crippen LogP contribution in [0.1, 0.15) is 36.1 Å². The van der Waals surface area contributed by atoms with Gasteiger partial charge in [0.15, 0.2) is 19.7 Å². The standard InChI is InChI=1S/2C19H18N5O5S.2C9H12O2S.4Na.2O3S/c2*1-10-7-14(15(29-3)9-13(10)22-21-2)23-24-18-16(30(26,27)28)8-11-5-4-6-12(20)17(11)19(18)25;2*1-3-12(10,11)9-6-4-8(2)5-7-9;;;;;2*1-4(2)3/h2*5-9,25H,20H2,1-3H3,(H,26,27,28);2*4-7H,3H2,1-2H3;;;;;;/q2*-1;;;4*+1;;/p-2. The molecule has 30 nitrogen and oxygen atoms in total. The summed E-state index contributed by atoms with van der Waals surface area (Å²) in [5.74, 6) is -0.263. The molecule has 0 saturated carbocycles. The molecule has 0 aliphatic rings. The molecule has 0 amide bonds. The van der Waals surface area contributed by atoms with Crippen LogP contribution in [0.2, 0.25) is 0 Å². The summed E-state index contributed by atoms with van der Waals surface area (Å²) in [7, 11) is -16.3. The van der Waals surface area contributed by atoms with Crippen LogP contribution >= 0.6 is 0 Å². The second kappa shape index (κ2) is 42.4. The first kappa shape index (κ1) is 92.5. The van der Waals surface area contributed by atoms with Crippen LogP contribution in [0.4, 0.5) is 45.5 Å². The van der Waals surface area contributed by atoms with Crippen molar-refractivity contribution in [1.29, 1.82) is 0 Å². The van der Waals surface area contributed by atoms with Crippen molar-refractivity contribution in [2.45, 2.75) is 61.1 Å². The number of methoxy groups -OCH3 is 2. The van der Waals surface area contributed by atoms with E-state index in [0.717, 1.165) is 23.3 Å². The Labute approximate surface area is 646 Å². The third kappa shape index (κ3) is 27.6. The van der Waals surface area contributed by atoms with E-state index in [1.807, 2.05) is 38.1 Å². The first-order valence-corrected chi connectivity index (χ1v) is 33.8. The van der Waals surface area contributed by atoms with Crippen molar-refractivity contribution < 1.29 is 206 Å². The van der Waals surface area contributed by atoms with Crippen LogP contribution in [-0.2, 0) is 61.1 Å². The maximum absolute atomic E-state index is 11.8. The number of aryl methyl sites for hydroxylation is 4. The topological polar surface area (TPSA) is 495 Å². The predicted molar refractivity (Wildman–Crippen MR) is 336 cm³/mol. The number of benzene rings is 8. The van der Waals surface area contributed by atoms with E-state index in [-0.39, 0.29) is 186 Å². The van der Waals surface area contributed by atoms with Crippen LogP contribution < -0.4 is 139 Å². The Morgan fingerprint density at radius 1 is 0.469 bits per heavy atom. The SMILES string of the molecule is CCS(=O)(=O)c1ccc(C)cc1.CCS(=O)(=O)c1ccc(C)cc1.CN=Nc1cc(OC)c(N=Nc2c(S(=O)(=O)[O-])cc3c[c-]cc(N)c3c2O)cc1C.CN=Nc1cc(OC)c(N=Nc2c(S(=O)(=O)[O-])cc3c[c-]cc(N)c3c2O)cc1C.O=S(=O)=O.O=S(=O)=O.[Na+].[Na+].[Na+].[Na+]. The number of ether oxygens (including phenoxy) is 2. The minimum Gasteiger partial charge on any atom is -0.744 e. The molecule has 6 N–H and O–H groups in total. The Morgan fingerprint density at radius 2 is 0.760 bits per heavy atom. The summed E-state index contributed by atoms with van der Waals surface area (Å²) in [6.45, 7) is 10.7. The summed E-state index contributed by atoms with van der Waals surface area (Å²) in [6.07, 6.45) is 0. The number of nitrogens with two attached hydrogens (primary N) is 2. The first-order valence-electron chi connectivity index (χ1n) is 25.7. The number of anilines is 2. The fourth-order valence-electron chi connectivity index (χ4n) is 7.57. The number of azo groups is 4. The second-order valence-electron chi connectivity index (χ2n) is 18.3. The normalized spacial score (nSPS) is 11.0. The molecule has 0 saturated heterocycles. The van der Waals surface area contributed by atoms with Crippen molar-refractivity contribution >= 4 is 128 Å². The van der Waals surface area contributed by atoms with Gasteiger partial charge in [-0.1, -0.05) is 83.5 Å². The van der Waals surface area contributed by atoms with Crippen molar-refractivity contribution in [1.82, 2.24) is 0 Å². The van der Waals surface area contributed by atoms with Gasteiger partial charge in [-0.3, -0.25) is 0 Å². The molecule has 0 fully saturated rings. The van der Waals surface area contributed by atoms with E-state index < -0.39 is 93.8 Å². The molecule has 0 aromatic heterocycles. The van der Waals surface area contributed by atoms with Crippen LogP contribution in [-0.4, -0.2) is 118 Å². The largest absolute Gasteiger partial charge is 1.00 e. The minimum absolute atomic E-state index is 0. The van der Waals surface area contributed by atoms with E-state index in [1.165, 1.54) is 52.6 Å². The molecule has 40 heteroatoms. The number of hydrogen-bond donors (Lipinski definition) is 4. The van der Waals surface area contributed by atoms with Gasteiger partial charge in [0, 0.05) is 26.2 Å². The Bertz CT molecular complexity index is 4560. The van der Waals surface area contributed by atoms with Crippen LogP contribution in [0.15, 0.2) is 170 Å². The molecule has 0 atom stereocenters. The molecule has 492 valence electrons. The number of rotatable bonds is 14. The number of fused-ring (bicyclic) bond motifs is 2. The molecule has 0 unspecified atom stereocenters. The van der Waals surface area contributed by atoms with E-state index in [4.69, 9.17) is 46.2 Å². The average Bonchev–Trinajstić information content (AvgIpc) is 0.782. The maximum Gasteiger partial charge on any atom is 1.00 e. The number of aromatic hydroxyl groups is 2. The van der Waals surface area contributed by atoms with E-state index in [9.17, 15) is 53.0 Å². The molecule has 0 spiro atoms. The predicted octanol–water partition coefficient (Wildman–Crippen LogP) is -1.86. The Balaban J connectivity index is 0. The number of phenolic OH excluding ortho intramolecular Hbond substituents is 2. The van der Waals surface area contributed by atoms with E-state index in [0.29, 0.717) is 32.3 Å². The zero-order valence-electron chi connectivity index (χ0n) is 54.2. The molecule has 8 aromatic rings. The summed E-state index contributed by atoms with van der Waals surface area (Å²) in [4.78, 5) is -0.643. The van der Waals surface area contributed by atoms with Gasteiger partial charge >= 0.3 is 139 Å². The van der Waals surface area contributed by atoms with Gasteiger partial charge < -0.3 is 40.3 Å². The van der Waals surface area contributed by atoms with Gasteiger partial charge in [-0.15, -0.1) is 56.5 Å². The zero-order chi connectivity index (χ0) is 69.6.